The smallest absolute Gasteiger partial charge is 0.313 e. The van der Waals surface area contributed by atoms with Crippen LogP contribution in [0.3, 0.4) is 0 Å². The number of nitrogens with zero attached hydrogens (tertiary/aromatic N) is 14. The fourth-order valence-corrected chi connectivity index (χ4v) is 13.7. The number of methoxy groups -OCH3 is 4. The Kier molecular flexibility index (Phi) is 35.9. The number of halogens is 1. The van der Waals surface area contributed by atoms with Gasteiger partial charge in [0.15, 0.2) is 46.4 Å². The highest BCUT2D eigenvalue weighted by atomic mass is 32.2. The van der Waals surface area contributed by atoms with Gasteiger partial charge in [0.05, 0.1) is 85.5 Å². The Morgan fingerprint density at radius 1 is 0.455 bits per heavy atom. The minimum absolute atomic E-state index is 0.00489. The van der Waals surface area contributed by atoms with E-state index in [0.717, 1.165) is 87.3 Å². The Bertz CT molecular complexity index is 5820. The van der Waals surface area contributed by atoms with Crippen LogP contribution in [-0.4, -0.2) is 266 Å². The highest BCUT2D eigenvalue weighted by Crippen LogP contribution is 2.40. The fraction of sp³-hybridized carbons (Fsp3) is 0.186. The minimum atomic E-state index is -3.54. The van der Waals surface area contributed by atoms with E-state index in [0.29, 0.717) is 95.1 Å². The second kappa shape index (κ2) is 46.4. The van der Waals surface area contributed by atoms with Crippen molar-refractivity contribution in [1.82, 2.24) is 106 Å². The van der Waals surface area contributed by atoms with Crippen LogP contribution < -0.4 is 23.7 Å². The molecule has 7 heterocycles. The van der Waals surface area contributed by atoms with E-state index in [2.05, 4.69) is 101 Å². The second-order valence-corrected chi connectivity index (χ2v) is 31.9. The minimum Gasteiger partial charge on any atom is -0.507 e. The highest BCUT2D eigenvalue weighted by Gasteiger charge is 2.20. The first-order chi connectivity index (χ1) is 57.9. The number of carboxylic acids is 6. The standard InChI is InChI=1S/C14H13N5O2S.C12H13N3O5S.C11H10FN3O3S.C11H12N4O4S2.C11H11N3O4S.C11H11N3O3S2/c20-12(21)9-22-14-16-13(17-18-14)11-4-1-3-10(7-11)8-19-6-2-5-15-19;1-19-8-4-6(3-7(16)10(8)20-2)11-13-12(15-14-11)21-5-9(17)18;1-18-6-2-3-8(12)7(4-6)10-13-11(15-14-10)19-5-9(16)17;1-12-21(18,19)8-4-2-3-7(5-8)10-13-11(15-14-10)20-6-9(16)17;1-18-6-2-3-7(8(15)4-6)10-12-11(14-13-10)19-5-9(16)17;1-19(17)8-4-2-3-7(5-8)10-12-11(14-13-10)18-6-9(15)16/h1-7H,8-9H2,(H,20,21)(H,16,17,18);3-4,16H,5H2,1-2H3,(H,17,18)(H,13,14,15);2-4H,5H2,1H3,(H,16,17)(H,13,14,15);2-5,12H,6H2,1H3,(H,16,17)(H,13,14,15);2-4,15H,5H2,1H3,(H,16,17)(H,12,13,14);2-5H,6H2,1H3,(H,15,16)(H,12,13,14). The van der Waals surface area contributed by atoms with Crippen molar-refractivity contribution in [3.63, 3.8) is 0 Å². The third-order valence-corrected chi connectivity index (χ3v) is 21.9. The molecular formula is C70H70FN21O21S8. The van der Waals surface area contributed by atoms with Crippen LogP contribution in [0.5, 0.6) is 34.5 Å². The van der Waals surface area contributed by atoms with Crippen molar-refractivity contribution in [2.75, 3.05) is 76.3 Å². The van der Waals surface area contributed by atoms with Gasteiger partial charge in [0.1, 0.15) is 23.1 Å². The molecule has 13 aromatic rings. The number of benzene rings is 6. The Balaban J connectivity index is 0.000000181. The maximum atomic E-state index is 13.7. The molecule has 0 saturated carbocycles. The van der Waals surface area contributed by atoms with E-state index in [9.17, 15) is 56.0 Å². The van der Waals surface area contributed by atoms with Crippen molar-refractivity contribution < 1.29 is 106 Å². The molecule has 121 heavy (non-hydrogen) atoms. The van der Waals surface area contributed by atoms with Crippen LogP contribution in [0.2, 0.25) is 0 Å². The van der Waals surface area contributed by atoms with Crippen molar-refractivity contribution in [3.05, 3.63) is 151 Å². The molecule has 51 heteroatoms. The lowest BCUT2D eigenvalue weighted by atomic mass is 10.1. The Morgan fingerprint density at radius 2 is 0.860 bits per heavy atom. The van der Waals surface area contributed by atoms with Gasteiger partial charge >= 0.3 is 35.8 Å². The van der Waals surface area contributed by atoms with Crippen molar-refractivity contribution in [2.24, 2.45) is 0 Å². The summed E-state index contributed by atoms with van der Waals surface area (Å²) in [6.07, 6.45) is 5.25. The average Bonchev–Trinajstić information content (AvgIpc) is 1.81. The number of aromatic hydroxyl groups is 2. The summed E-state index contributed by atoms with van der Waals surface area (Å²) in [5.74, 6) is -2.79. The van der Waals surface area contributed by atoms with Crippen LogP contribution in [0.25, 0.3) is 68.3 Å². The van der Waals surface area contributed by atoms with Gasteiger partial charge in [-0.1, -0.05) is 113 Å². The Labute approximate surface area is 711 Å². The maximum absolute atomic E-state index is 13.7. The van der Waals surface area contributed by atoms with Gasteiger partial charge in [-0.3, -0.25) is 68.3 Å². The number of sulfonamides is 1. The number of aliphatic carboxylic acids is 6. The molecule has 0 aliphatic carbocycles. The third-order valence-electron chi connectivity index (χ3n) is 14.6. The first kappa shape index (κ1) is 93.6. The quantitative estimate of drug-likeness (QED) is 0.0172. The van der Waals surface area contributed by atoms with Gasteiger partial charge < -0.3 is 59.8 Å². The summed E-state index contributed by atoms with van der Waals surface area (Å²) in [5, 5.41) is 117. The second-order valence-electron chi connectivity index (χ2n) is 23.0. The van der Waals surface area contributed by atoms with Crippen molar-refractivity contribution >= 4 is 127 Å². The van der Waals surface area contributed by atoms with E-state index in [1.54, 1.807) is 61.0 Å². The molecule has 1 unspecified atom stereocenters. The molecule has 0 radical (unpaired) electrons. The van der Waals surface area contributed by atoms with Crippen LogP contribution in [-0.2, 0) is 56.1 Å². The number of aromatic nitrogens is 20. The molecule has 0 amide bonds. The summed E-state index contributed by atoms with van der Waals surface area (Å²) >= 11 is 6.05. The summed E-state index contributed by atoms with van der Waals surface area (Å²) in [5.41, 5.74) is 4.53. The molecule has 15 N–H and O–H groups in total. The van der Waals surface area contributed by atoms with Crippen molar-refractivity contribution in [2.45, 2.75) is 47.3 Å². The van der Waals surface area contributed by atoms with E-state index < -0.39 is 62.5 Å². The molecule has 13 rings (SSSR count). The number of hydrogen-bond donors (Lipinski definition) is 15. The topological polar surface area (TPSA) is 632 Å². The zero-order chi connectivity index (χ0) is 87.7. The van der Waals surface area contributed by atoms with Gasteiger partial charge in [-0.15, -0.1) is 30.6 Å². The lowest BCUT2D eigenvalue weighted by molar-refractivity contribution is -0.134. The first-order valence-corrected chi connectivity index (χ1v) is 42.7. The van der Waals surface area contributed by atoms with Crippen LogP contribution in [0.15, 0.2) is 181 Å². The van der Waals surface area contributed by atoms with E-state index >= 15 is 0 Å². The van der Waals surface area contributed by atoms with Crippen molar-refractivity contribution in [3.8, 4) is 103 Å². The van der Waals surface area contributed by atoms with Gasteiger partial charge in [0.2, 0.25) is 46.7 Å². The third kappa shape index (κ3) is 29.8. The molecule has 6 aromatic carbocycles. The molecule has 0 aliphatic heterocycles. The Hall–Kier alpha value is -12.9. The summed E-state index contributed by atoms with van der Waals surface area (Å²) < 4.78 is 72.8. The predicted molar refractivity (Wildman–Crippen MR) is 440 cm³/mol. The molecule has 0 bridgehead atoms. The number of phenolic OH excluding ortho intramolecular Hbond substituents is 2. The molecule has 636 valence electrons. The number of rotatable bonds is 33. The summed E-state index contributed by atoms with van der Waals surface area (Å²) in [4.78, 5) is 88.5. The number of carboxylic acid groups (broad SMARTS) is 6. The van der Waals surface area contributed by atoms with E-state index in [4.69, 9.17) is 49.6 Å². The molecule has 1 atom stereocenters. The van der Waals surface area contributed by atoms with E-state index in [1.165, 1.54) is 78.0 Å². The van der Waals surface area contributed by atoms with Gasteiger partial charge in [-0.05, 0) is 91.5 Å². The number of thioether (sulfide) groups is 6. The number of H-pyrrole nitrogens is 6. The molecule has 0 spiro atoms. The monoisotopic (exact) mass is 1820 g/mol. The number of hydrogen-bond acceptors (Lipinski definition) is 34. The van der Waals surface area contributed by atoms with Gasteiger partial charge in [-0.2, -0.15) is 5.10 Å². The molecule has 0 fully saturated rings. The number of ether oxygens (including phenoxy) is 4. The number of phenols is 2. The zero-order valence-corrected chi connectivity index (χ0v) is 70.1. The number of aromatic amines is 6. The SMILES string of the molecule is CNS(=O)(=O)c1cccc(-c2nc(SCC(=O)O)n[nH]2)c1.COc1cc(-c2nc(SCC(=O)O)n[nH]2)cc(O)c1OC.COc1ccc(-c2nc(SCC(=O)O)n[nH]2)c(O)c1.COc1ccc(F)c(-c2nc(SCC(=O)O)n[nH]2)c1.CS(=O)c1cccc(-c2nc(SCC(=O)O)n[nH]2)c1.O=C(O)CSc1n[nH]c(-c2cccc(Cn3cccn3)c2)n1. The number of nitrogens with one attached hydrogen (secondary N) is 7. The lowest BCUT2D eigenvalue weighted by Crippen LogP contribution is -2.18. The molecule has 7 aromatic heterocycles. The van der Waals surface area contributed by atoms with Crippen LogP contribution in [0, 0.1) is 5.82 Å². The highest BCUT2D eigenvalue weighted by molar-refractivity contribution is 8.01. The van der Waals surface area contributed by atoms with Crippen LogP contribution in [0.4, 0.5) is 4.39 Å². The Morgan fingerprint density at radius 3 is 1.27 bits per heavy atom. The first-order valence-electron chi connectivity index (χ1n) is 33.8. The number of carbonyl (C=O) groups is 6. The maximum Gasteiger partial charge on any atom is 0.313 e. The van der Waals surface area contributed by atoms with Gasteiger partial charge in [-0.25, -0.2) is 47.4 Å². The summed E-state index contributed by atoms with van der Waals surface area (Å²) in [6, 6.07) is 35.2. The normalized spacial score (nSPS) is 10.9. The van der Waals surface area contributed by atoms with E-state index in [-0.39, 0.29) is 78.4 Å². The fourth-order valence-electron chi connectivity index (χ4n) is 9.26. The molecule has 42 nitrogen and oxygen atoms in total. The average molecular weight is 1820 g/mol. The molecule has 0 saturated heterocycles. The van der Waals surface area contributed by atoms with E-state index in [1.807, 2.05) is 47.3 Å². The summed E-state index contributed by atoms with van der Waals surface area (Å²) in [6.45, 7) is 0.676. The molecule has 0 aliphatic rings. The zero-order valence-electron chi connectivity index (χ0n) is 63.5. The van der Waals surface area contributed by atoms with Crippen molar-refractivity contribution in [1.29, 1.82) is 0 Å². The lowest BCUT2D eigenvalue weighted by Gasteiger charge is -2.10. The van der Waals surface area contributed by atoms with Gasteiger partial charge in [0.25, 0.3) is 0 Å². The largest absolute Gasteiger partial charge is 0.507 e. The molecular weight excluding hydrogens is 1750 g/mol. The summed E-state index contributed by atoms with van der Waals surface area (Å²) in [7, 11) is 2.59. The van der Waals surface area contributed by atoms with Crippen LogP contribution in [0.1, 0.15) is 5.56 Å². The van der Waals surface area contributed by atoms with Gasteiger partial charge in [0, 0.05) is 62.7 Å². The van der Waals surface area contributed by atoms with Crippen LogP contribution >= 0.6 is 70.6 Å². The predicted octanol–water partition coefficient (Wildman–Crippen LogP) is 8.37.